The molecule has 2 aromatic heterocycles. The van der Waals surface area contributed by atoms with Crippen molar-refractivity contribution in [2.75, 3.05) is 26.7 Å². The Morgan fingerprint density at radius 2 is 2.05 bits per heavy atom. The van der Waals surface area contributed by atoms with Gasteiger partial charge in [0, 0.05) is 59.3 Å². The minimum Gasteiger partial charge on any atom is -0.352 e. The van der Waals surface area contributed by atoms with E-state index in [1.54, 1.807) is 23.1 Å². The molecule has 1 saturated carbocycles. The van der Waals surface area contributed by atoms with Gasteiger partial charge < -0.3 is 25.8 Å². The van der Waals surface area contributed by atoms with Gasteiger partial charge in [0.15, 0.2) is 5.01 Å². The maximum absolute atomic E-state index is 14.0. The summed E-state index contributed by atoms with van der Waals surface area (Å²) in [7, 11) is 2.05. The Kier molecular flexibility index (Phi) is 7.83. The van der Waals surface area contributed by atoms with Crippen LogP contribution in [0.2, 0.25) is 5.02 Å². The smallest absolute Gasteiger partial charge is 0.280 e. The molecule has 3 heterocycles. The third-order valence-electron chi connectivity index (χ3n) is 8.14. The number of carbonyl (C=O) groups excluding carboxylic acids is 3. The quantitative estimate of drug-likeness (QED) is 0.373. The predicted molar refractivity (Wildman–Crippen MR) is 153 cm³/mol. The van der Waals surface area contributed by atoms with Crippen LogP contribution in [-0.2, 0) is 17.8 Å². The highest BCUT2D eigenvalue weighted by atomic mass is 35.5. The van der Waals surface area contributed by atoms with Gasteiger partial charge in [-0.15, -0.1) is 11.3 Å². The largest absolute Gasteiger partial charge is 0.352 e. The second-order valence-electron chi connectivity index (χ2n) is 10.7. The summed E-state index contributed by atoms with van der Waals surface area (Å²) < 4.78 is 0. The van der Waals surface area contributed by atoms with Crippen LogP contribution in [-0.4, -0.2) is 75.6 Å². The monoisotopic (exact) mass is 570 g/mol. The summed E-state index contributed by atoms with van der Waals surface area (Å²) in [5, 5.41) is 4.78. The van der Waals surface area contributed by atoms with Crippen LogP contribution in [0.1, 0.15) is 64.0 Å². The van der Waals surface area contributed by atoms with Gasteiger partial charge >= 0.3 is 0 Å². The van der Waals surface area contributed by atoms with E-state index in [0.717, 1.165) is 41.0 Å². The molecule has 0 radical (unpaired) electrons. The first-order valence-corrected chi connectivity index (χ1v) is 14.7. The number of thiazole rings is 1. The molecular formula is C28H35ClN6O3S. The first-order valence-electron chi connectivity index (χ1n) is 13.5. The molecule has 5 rings (SSSR count). The minimum atomic E-state index is -1.39. The van der Waals surface area contributed by atoms with Crippen LogP contribution in [0.15, 0.2) is 24.3 Å². The molecule has 3 aromatic rings. The fourth-order valence-corrected chi connectivity index (χ4v) is 7.07. The predicted octanol–water partition coefficient (Wildman–Crippen LogP) is 3.61. The lowest BCUT2D eigenvalue weighted by Gasteiger charge is -2.43. The van der Waals surface area contributed by atoms with Crippen LogP contribution in [0, 0.1) is 5.92 Å². The Balaban J connectivity index is 1.44. The molecule has 2 amide bonds. The number of amides is 2. The summed E-state index contributed by atoms with van der Waals surface area (Å²) in [6, 6.07) is 6.36. The number of ketones is 1. The van der Waals surface area contributed by atoms with E-state index in [-0.39, 0.29) is 36.4 Å². The summed E-state index contributed by atoms with van der Waals surface area (Å²) >= 11 is 7.53. The van der Waals surface area contributed by atoms with E-state index < -0.39 is 11.6 Å². The number of aromatic nitrogens is 2. The molecule has 2 aliphatic rings. The van der Waals surface area contributed by atoms with E-state index in [9.17, 15) is 14.4 Å². The van der Waals surface area contributed by atoms with Crippen LogP contribution in [0.3, 0.4) is 0 Å². The highest BCUT2D eigenvalue weighted by molar-refractivity contribution is 7.13. The summed E-state index contributed by atoms with van der Waals surface area (Å²) in [6.07, 6.45) is 1.81. The molecule has 1 aromatic carbocycles. The van der Waals surface area contributed by atoms with Crippen LogP contribution in [0.25, 0.3) is 10.9 Å². The fraction of sp³-hybridized carbons (Fsp3) is 0.500. The van der Waals surface area contributed by atoms with Crippen molar-refractivity contribution in [1.82, 2.24) is 25.1 Å². The molecule has 0 bridgehead atoms. The number of aromatic amines is 1. The normalized spacial score (nSPS) is 23.4. The Hall–Kier alpha value is -2.79. The van der Waals surface area contributed by atoms with Gasteiger partial charge in [-0.2, -0.15) is 0 Å². The lowest BCUT2D eigenvalue weighted by molar-refractivity contribution is -0.136. The lowest BCUT2D eigenvalue weighted by atomic mass is 9.70. The summed E-state index contributed by atoms with van der Waals surface area (Å²) in [6.45, 7) is 6.76. The number of likely N-dealkylation sites (N-methyl/N-ethyl adjacent to an activating group) is 1. The molecule has 3 atom stereocenters. The summed E-state index contributed by atoms with van der Waals surface area (Å²) in [4.78, 5) is 53.6. The number of hydrogen-bond acceptors (Lipinski definition) is 7. The van der Waals surface area contributed by atoms with Crippen LogP contribution >= 0.6 is 22.9 Å². The molecule has 1 aliphatic carbocycles. The van der Waals surface area contributed by atoms with Gasteiger partial charge in [-0.25, -0.2) is 4.98 Å². The zero-order valence-corrected chi connectivity index (χ0v) is 24.1. The molecule has 208 valence electrons. The van der Waals surface area contributed by atoms with E-state index >= 15 is 0 Å². The number of benzene rings is 1. The second-order valence-corrected chi connectivity index (χ2v) is 12.2. The van der Waals surface area contributed by atoms with Crippen molar-refractivity contribution in [3.05, 3.63) is 50.6 Å². The maximum atomic E-state index is 14.0. The van der Waals surface area contributed by atoms with Gasteiger partial charge in [-0.05, 0) is 64.4 Å². The molecule has 9 nitrogen and oxygen atoms in total. The highest BCUT2D eigenvalue weighted by Gasteiger charge is 2.49. The Bertz CT molecular complexity index is 1420. The van der Waals surface area contributed by atoms with Gasteiger partial charge in [-0.3, -0.25) is 14.4 Å². The van der Waals surface area contributed by atoms with Crippen molar-refractivity contribution in [3.63, 3.8) is 0 Å². The van der Waals surface area contributed by atoms with Gasteiger partial charge in [0.25, 0.3) is 5.91 Å². The zero-order chi connectivity index (χ0) is 27.9. The van der Waals surface area contributed by atoms with Crippen LogP contribution in [0.4, 0.5) is 0 Å². The van der Waals surface area contributed by atoms with E-state index in [2.05, 4.69) is 20.2 Å². The molecule has 1 aliphatic heterocycles. The topological polar surface area (TPSA) is 124 Å². The number of hydrogen-bond donors (Lipinski definition) is 3. The number of nitrogens with zero attached hydrogens (tertiary/aromatic N) is 3. The summed E-state index contributed by atoms with van der Waals surface area (Å²) in [5.74, 6) is -0.959. The van der Waals surface area contributed by atoms with E-state index in [0.29, 0.717) is 35.2 Å². The SMILES string of the molecule is CCN(CC)C(=O)C1CCC(N)(C(=O)c2cc3cc(Cl)ccc3[nH]2)C(NC(=O)c2nc3c(s2)CN(C)CC3)C1. The fourth-order valence-electron chi connectivity index (χ4n) is 5.79. The van der Waals surface area contributed by atoms with E-state index in [1.807, 2.05) is 27.0 Å². The van der Waals surface area contributed by atoms with Crippen LogP contribution < -0.4 is 11.1 Å². The van der Waals surface area contributed by atoms with E-state index in [1.165, 1.54) is 11.3 Å². The molecule has 0 spiro atoms. The molecule has 1 fully saturated rings. The van der Waals surface area contributed by atoms with Crippen molar-refractivity contribution in [2.24, 2.45) is 11.7 Å². The van der Waals surface area contributed by atoms with Gasteiger partial charge in [-0.1, -0.05) is 11.6 Å². The average Bonchev–Trinajstić information content (AvgIpc) is 3.53. The number of fused-ring (bicyclic) bond motifs is 2. The lowest BCUT2D eigenvalue weighted by Crippen LogP contribution is -2.66. The molecule has 11 heteroatoms. The average molecular weight is 571 g/mol. The van der Waals surface area contributed by atoms with Crippen molar-refractivity contribution < 1.29 is 14.4 Å². The van der Waals surface area contributed by atoms with Gasteiger partial charge in [0.1, 0.15) is 5.54 Å². The number of rotatable bonds is 7. The molecule has 3 unspecified atom stereocenters. The first-order chi connectivity index (χ1) is 18.6. The van der Waals surface area contributed by atoms with Crippen LogP contribution in [0.5, 0.6) is 0 Å². The number of Topliss-reactive ketones (excluding diaryl/α,β-unsaturated/α-hetero) is 1. The van der Waals surface area contributed by atoms with Gasteiger partial charge in [0.05, 0.1) is 17.4 Å². The zero-order valence-electron chi connectivity index (χ0n) is 22.6. The number of H-pyrrole nitrogens is 1. The minimum absolute atomic E-state index is 0.0294. The third kappa shape index (κ3) is 5.35. The number of carbonyl (C=O) groups is 3. The second kappa shape index (κ2) is 11.0. The number of halogens is 1. The molecule has 4 N–H and O–H groups in total. The number of nitrogens with one attached hydrogen (secondary N) is 2. The molecular weight excluding hydrogens is 536 g/mol. The Labute approximate surface area is 237 Å². The Morgan fingerprint density at radius 1 is 1.28 bits per heavy atom. The van der Waals surface area contributed by atoms with Crippen molar-refractivity contribution in [1.29, 1.82) is 0 Å². The standard InChI is InChI=1S/C28H35ClN6O3S/c1-4-35(5-2)27(38)16-8-10-28(30,24(36)21-13-17-12-18(29)6-7-19(17)31-21)23(14-16)33-25(37)26-32-20-9-11-34(3)15-22(20)39-26/h6-7,12-13,16,23,31H,4-5,8-11,14-15,30H2,1-3H3,(H,33,37). The highest BCUT2D eigenvalue weighted by Crippen LogP contribution is 2.36. The Morgan fingerprint density at radius 3 is 2.79 bits per heavy atom. The molecule has 0 saturated heterocycles. The maximum Gasteiger partial charge on any atom is 0.280 e. The number of nitrogens with two attached hydrogens (primary N) is 1. The van der Waals surface area contributed by atoms with Crippen molar-refractivity contribution in [3.8, 4) is 0 Å². The van der Waals surface area contributed by atoms with E-state index in [4.69, 9.17) is 17.3 Å². The third-order valence-corrected chi connectivity index (χ3v) is 9.46. The summed E-state index contributed by atoms with van der Waals surface area (Å²) in [5.41, 5.74) is 7.61. The van der Waals surface area contributed by atoms with Crippen molar-refractivity contribution >= 4 is 51.4 Å². The molecule has 39 heavy (non-hydrogen) atoms. The van der Waals surface area contributed by atoms with Gasteiger partial charge in [0.2, 0.25) is 11.7 Å². The van der Waals surface area contributed by atoms with Crippen molar-refractivity contribution in [2.45, 2.75) is 57.7 Å². The first kappa shape index (κ1) is 27.8.